The highest BCUT2D eigenvalue weighted by Gasteiger charge is 2.45. The van der Waals surface area contributed by atoms with Gasteiger partial charge in [0.15, 0.2) is 0 Å². The number of carbonyl (C=O) groups excluding carboxylic acids is 2. The van der Waals surface area contributed by atoms with Crippen LogP contribution in [0.25, 0.3) is 5.76 Å². The van der Waals surface area contributed by atoms with Gasteiger partial charge in [0.2, 0.25) is 0 Å². The first-order valence-corrected chi connectivity index (χ1v) is 12.4. The van der Waals surface area contributed by atoms with E-state index in [-0.39, 0.29) is 11.3 Å². The smallest absolute Gasteiger partial charge is 0.295 e. The molecular formula is C28H34N2O5. The van der Waals surface area contributed by atoms with Crippen molar-refractivity contribution >= 4 is 17.4 Å². The average molecular weight is 479 g/mol. The van der Waals surface area contributed by atoms with Gasteiger partial charge in [-0.3, -0.25) is 14.5 Å². The van der Waals surface area contributed by atoms with Gasteiger partial charge < -0.3 is 19.5 Å². The molecule has 0 unspecified atom stereocenters. The predicted molar refractivity (Wildman–Crippen MR) is 134 cm³/mol. The Morgan fingerprint density at radius 1 is 1.03 bits per heavy atom. The molecule has 186 valence electrons. The molecular weight excluding hydrogens is 444 g/mol. The van der Waals surface area contributed by atoms with Crippen LogP contribution in [-0.2, 0) is 14.3 Å². The van der Waals surface area contributed by atoms with Crippen LogP contribution < -0.4 is 4.74 Å². The van der Waals surface area contributed by atoms with E-state index in [0.717, 1.165) is 56.8 Å². The summed E-state index contributed by atoms with van der Waals surface area (Å²) < 4.78 is 11.0. The topological polar surface area (TPSA) is 79.3 Å². The predicted octanol–water partition coefficient (Wildman–Crippen LogP) is 3.93. The summed E-state index contributed by atoms with van der Waals surface area (Å²) in [6, 6.07) is 14.1. The van der Waals surface area contributed by atoms with E-state index < -0.39 is 17.7 Å². The second kappa shape index (κ2) is 11.5. The number of aliphatic hydroxyl groups is 1. The Hall–Kier alpha value is -3.16. The third kappa shape index (κ3) is 5.74. The van der Waals surface area contributed by atoms with Gasteiger partial charge in [-0.15, -0.1) is 0 Å². The van der Waals surface area contributed by atoms with E-state index in [2.05, 4.69) is 4.90 Å². The van der Waals surface area contributed by atoms with E-state index in [1.54, 1.807) is 29.2 Å². The van der Waals surface area contributed by atoms with Crippen LogP contribution in [0.15, 0.2) is 54.1 Å². The average Bonchev–Trinajstić information content (AvgIpc) is 3.13. The highest BCUT2D eigenvalue weighted by atomic mass is 16.5. The maximum atomic E-state index is 13.2. The quantitative estimate of drug-likeness (QED) is 0.334. The summed E-state index contributed by atoms with van der Waals surface area (Å²) in [6.45, 7) is 9.07. The molecule has 0 saturated carbocycles. The number of Topliss-reactive ketones (excluding diaryl/α,β-unsaturated/α-hetero) is 1. The van der Waals surface area contributed by atoms with Crippen LogP contribution in [-0.4, -0.2) is 72.6 Å². The third-order valence-electron chi connectivity index (χ3n) is 6.51. The van der Waals surface area contributed by atoms with Crippen molar-refractivity contribution < 1.29 is 24.2 Å². The van der Waals surface area contributed by atoms with Crippen LogP contribution in [0, 0.1) is 6.92 Å². The van der Waals surface area contributed by atoms with Gasteiger partial charge in [0, 0.05) is 31.7 Å². The molecule has 4 rings (SSSR count). The first kappa shape index (κ1) is 24.9. The summed E-state index contributed by atoms with van der Waals surface area (Å²) in [5.41, 5.74) is 2.51. The van der Waals surface area contributed by atoms with E-state index in [0.29, 0.717) is 24.5 Å². The monoisotopic (exact) mass is 478 g/mol. The number of carbonyl (C=O) groups is 2. The fraction of sp³-hybridized carbons (Fsp3) is 0.429. The highest BCUT2D eigenvalue weighted by Crippen LogP contribution is 2.39. The summed E-state index contributed by atoms with van der Waals surface area (Å²) in [5.74, 6) is -0.679. The van der Waals surface area contributed by atoms with Gasteiger partial charge in [0.1, 0.15) is 11.5 Å². The van der Waals surface area contributed by atoms with Crippen molar-refractivity contribution in [2.45, 2.75) is 32.7 Å². The van der Waals surface area contributed by atoms with Crippen molar-refractivity contribution in [2.24, 2.45) is 0 Å². The standard InChI is InChI=1S/C28H34N2O5/c1-3-17-35-23-11-9-22(10-12-23)26(31)24-25(21-7-5-20(2)6-8-21)30(28(33)27(24)32)14-4-13-29-15-18-34-19-16-29/h5-12,25,31H,3-4,13-19H2,1-2H3/b26-24+/t25-/m0/s1. The number of ketones is 1. The lowest BCUT2D eigenvalue weighted by molar-refractivity contribution is -0.140. The van der Waals surface area contributed by atoms with Gasteiger partial charge in [0.25, 0.3) is 11.7 Å². The number of aryl methyl sites for hydroxylation is 1. The Balaban J connectivity index is 1.63. The minimum Gasteiger partial charge on any atom is -0.507 e. The molecule has 0 aromatic heterocycles. The molecule has 35 heavy (non-hydrogen) atoms. The number of rotatable bonds is 9. The number of hydrogen-bond donors (Lipinski definition) is 1. The minimum absolute atomic E-state index is 0.132. The molecule has 0 spiro atoms. The van der Waals surface area contributed by atoms with E-state index in [9.17, 15) is 14.7 Å². The summed E-state index contributed by atoms with van der Waals surface area (Å²) in [5, 5.41) is 11.2. The highest BCUT2D eigenvalue weighted by molar-refractivity contribution is 6.46. The van der Waals surface area contributed by atoms with Crippen LogP contribution in [0.2, 0.25) is 0 Å². The van der Waals surface area contributed by atoms with E-state index in [1.807, 2.05) is 38.1 Å². The minimum atomic E-state index is -0.647. The summed E-state index contributed by atoms with van der Waals surface area (Å²) in [6.07, 6.45) is 1.63. The lowest BCUT2D eigenvalue weighted by Crippen LogP contribution is -2.38. The molecule has 2 fully saturated rings. The molecule has 2 aromatic rings. The molecule has 2 saturated heterocycles. The first-order valence-electron chi connectivity index (χ1n) is 12.4. The lowest BCUT2D eigenvalue weighted by Gasteiger charge is -2.29. The summed E-state index contributed by atoms with van der Waals surface area (Å²) in [7, 11) is 0. The van der Waals surface area contributed by atoms with E-state index >= 15 is 0 Å². The fourth-order valence-electron chi connectivity index (χ4n) is 4.58. The van der Waals surface area contributed by atoms with Crippen LogP contribution >= 0.6 is 0 Å². The zero-order chi connectivity index (χ0) is 24.8. The Kier molecular flexibility index (Phi) is 8.21. The van der Waals surface area contributed by atoms with E-state index in [4.69, 9.17) is 9.47 Å². The number of amides is 1. The SMILES string of the molecule is CCCOc1ccc(/C(O)=C2\C(=O)C(=O)N(CCCN3CCOCC3)[C@H]2c2ccc(C)cc2)cc1. The largest absolute Gasteiger partial charge is 0.507 e. The van der Waals surface area contributed by atoms with Gasteiger partial charge in [0.05, 0.1) is 31.4 Å². The summed E-state index contributed by atoms with van der Waals surface area (Å²) in [4.78, 5) is 30.2. The maximum Gasteiger partial charge on any atom is 0.295 e. The van der Waals surface area contributed by atoms with Crippen molar-refractivity contribution in [1.29, 1.82) is 0 Å². The molecule has 7 heteroatoms. The van der Waals surface area contributed by atoms with Crippen molar-refractivity contribution in [2.75, 3.05) is 46.0 Å². The van der Waals surface area contributed by atoms with Crippen molar-refractivity contribution in [1.82, 2.24) is 9.80 Å². The lowest BCUT2D eigenvalue weighted by atomic mass is 9.94. The van der Waals surface area contributed by atoms with Gasteiger partial charge >= 0.3 is 0 Å². The molecule has 2 heterocycles. The van der Waals surface area contributed by atoms with Crippen LogP contribution in [0.5, 0.6) is 5.75 Å². The molecule has 0 bridgehead atoms. The van der Waals surface area contributed by atoms with E-state index in [1.165, 1.54) is 0 Å². The Labute approximate surface area is 206 Å². The molecule has 0 aliphatic carbocycles. The van der Waals surface area contributed by atoms with Crippen LogP contribution in [0.1, 0.15) is 42.5 Å². The fourth-order valence-corrected chi connectivity index (χ4v) is 4.58. The Morgan fingerprint density at radius 2 is 1.71 bits per heavy atom. The van der Waals surface area contributed by atoms with Crippen LogP contribution in [0.3, 0.4) is 0 Å². The maximum absolute atomic E-state index is 13.2. The van der Waals surface area contributed by atoms with Crippen molar-refractivity contribution in [3.63, 3.8) is 0 Å². The second-order valence-corrected chi connectivity index (χ2v) is 9.08. The first-order chi connectivity index (χ1) is 17.0. The molecule has 1 atom stereocenters. The molecule has 0 radical (unpaired) electrons. The van der Waals surface area contributed by atoms with Gasteiger partial charge in [-0.25, -0.2) is 0 Å². The van der Waals surface area contributed by atoms with Crippen molar-refractivity contribution in [3.8, 4) is 5.75 Å². The zero-order valence-electron chi connectivity index (χ0n) is 20.5. The van der Waals surface area contributed by atoms with Gasteiger partial charge in [-0.1, -0.05) is 36.8 Å². The second-order valence-electron chi connectivity index (χ2n) is 9.08. The molecule has 1 amide bonds. The number of likely N-dealkylation sites (tertiary alicyclic amines) is 1. The Morgan fingerprint density at radius 3 is 2.37 bits per heavy atom. The number of hydrogen-bond acceptors (Lipinski definition) is 6. The number of benzene rings is 2. The van der Waals surface area contributed by atoms with Gasteiger partial charge in [-0.2, -0.15) is 0 Å². The zero-order valence-corrected chi connectivity index (χ0v) is 20.5. The molecule has 7 nitrogen and oxygen atoms in total. The molecule has 2 aliphatic heterocycles. The number of morpholine rings is 1. The van der Waals surface area contributed by atoms with Crippen molar-refractivity contribution in [3.05, 3.63) is 70.8 Å². The number of aliphatic hydroxyl groups excluding tert-OH is 1. The molecule has 2 aliphatic rings. The summed E-state index contributed by atoms with van der Waals surface area (Å²) >= 11 is 0. The number of nitrogens with zero attached hydrogens (tertiary/aromatic N) is 2. The van der Waals surface area contributed by atoms with Gasteiger partial charge in [-0.05, 0) is 49.6 Å². The molecule has 2 aromatic carbocycles. The number of ether oxygens (including phenoxy) is 2. The third-order valence-corrected chi connectivity index (χ3v) is 6.51. The molecule has 1 N–H and O–H groups in total. The normalized spacial score (nSPS) is 20.4. The Bertz CT molecular complexity index is 1060. The van der Waals surface area contributed by atoms with Crippen LogP contribution in [0.4, 0.5) is 0 Å².